The van der Waals surface area contributed by atoms with E-state index < -0.39 is 0 Å². The summed E-state index contributed by atoms with van der Waals surface area (Å²) in [5.74, 6) is 0.377. The van der Waals surface area contributed by atoms with E-state index in [9.17, 15) is 4.79 Å². The first-order valence-corrected chi connectivity index (χ1v) is 7.74. The van der Waals surface area contributed by atoms with Crippen LogP contribution in [0.5, 0.6) is 0 Å². The largest absolute Gasteiger partial charge is 0.386 e. The van der Waals surface area contributed by atoms with Crippen molar-refractivity contribution in [3.8, 4) is 0 Å². The molecular weight excluding hydrogens is 316 g/mol. The van der Waals surface area contributed by atoms with Crippen molar-refractivity contribution >= 4 is 34.2 Å². The average Bonchev–Trinajstić information content (AvgIpc) is 3.04. The van der Waals surface area contributed by atoms with Crippen LogP contribution < -0.4 is 11.1 Å². The van der Waals surface area contributed by atoms with E-state index in [1.54, 1.807) is 19.1 Å². The van der Waals surface area contributed by atoms with Crippen LogP contribution in [0.15, 0.2) is 58.7 Å². The third-order valence-corrected chi connectivity index (χ3v) is 3.52. The van der Waals surface area contributed by atoms with E-state index in [0.29, 0.717) is 11.5 Å². The maximum absolute atomic E-state index is 12.3. The zero-order valence-corrected chi connectivity index (χ0v) is 13.9. The molecule has 0 fully saturated rings. The van der Waals surface area contributed by atoms with Gasteiger partial charge in [0.15, 0.2) is 5.82 Å². The molecule has 1 aromatic heterocycles. The van der Waals surface area contributed by atoms with Crippen molar-refractivity contribution in [1.82, 2.24) is 9.97 Å². The molecule has 0 unspecified atom stereocenters. The van der Waals surface area contributed by atoms with Crippen molar-refractivity contribution in [2.45, 2.75) is 13.8 Å². The van der Waals surface area contributed by atoms with Gasteiger partial charge in [-0.3, -0.25) is 4.79 Å². The van der Waals surface area contributed by atoms with Gasteiger partial charge in [-0.25, -0.2) is 4.98 Å². The Morgan fingerprint density at radius 2 is 1.80 bits per heavy atom. The van der Waals surface area contributed by atoms with Gasteiger partial charge in [0.05, 0.1) is 16.7 Å². The molecule has 0 aliphatic rings. The predicted molar refractivity (Wildman–Crippen MR) is 100.0 cm³/mol. The van der Waals surface area contributed by atoms with E-state index in [2.05, 4.69) is 25.5 Å². The fourth-order valence-corrected chi connectivity index (χ4v) is 2.26. The van der Waals surface area contributed by atoms with Crippen LogP contribution in [0, 0.1) is 0 Å². The second kappa shape index (κ2) is 6.96. The minimum absolute atomic E-state index is 0.274. The fraction of sp³-hybridized carbons (Fsp3) is 0.111. The predicted octanol–water partition coefficient (Wildman–Crippen LogP) is 2.92. The molecule has 1 amide bonds. The number of nitrogens with zero attached hydrogens (tertiary/aromatic N) is 3. The highest BCUT2D eigenvalue weighted by Gasteiger charge is 2.11. The first-order valence-electron chi connectivity index (χ1n) is 7.74. The van der Waals surface area contributed by atoms with Crippen LogP contribution in [-0.4, -0.2) is 27.4 Å². The number of hydrogen-bond acceptors (Lipinski definition) is 4. The highest BCUT2D eigenvalue weighted by Crippen LogP contribution is 2.14. The summed E-state index contributed by atoms with van der Waals surface area (Å²) in [7, 11) is 0. The summed E-state index contributed by atoms with van der Waals surface area (Å²) in [6.07, 6.45) is 0. The third-order valence-electron chi connectivity index (χ3n) is 3.52. The molecule has 0 aliphatic carbocycles. The lowest BCUT2D eigenvalue weighted by Crippen LogP contribution is -2.13. The second-order valence-electron chi connectivity index (χ2n) is 5.56. The topological polar surface area (TPSA) is 109 Å². The van der Waals surface area contributed by atoms with Gasteiger partial charge in [0.2, 0.25) is 0 Å². The Kier molecular flexibility index (Phi) is 4.56. The molecule has 0 bridgehead atoms. The Labute approximate surface area is 144 Å². The molecule has 2 aromatic carbocycles. The number of nitrogens with one attached hydrogen (secondary N) is 2. The highest BCUT2D eigenvalue weighted by atomic mass is 16.2. The number of nitrogens with two attached hydrogens (primary N) is 1. The molecule has 25 heavy (non-hydrogen) atoms. The van der Waals surface area contributed by atoms with Gasteiger partial charge in [0.25, 0.3) is 5.91 Å². The normalized spacial score (nSPS) is 12.4. The lowest BCUT2D eigenvalue weighted by atomic mass is 10.1. The summed E-state index contributed by atoms with van der Waals surface area (Å²) in [6.45, 7) is 3.52. The Morgan fingerprint density at radius 3 is 2.48 bits per heavy atom. The van der Waals surface area contributed by atoms with E-state index in [1.165, 1.54) is 0 Å². The minimum Gasteiger partial charge on any atom is -0.386 e. The smallest absolute Gasteiger partial charge is 0.291 e. The van der Waals surface area contributed by atoms with Crippen molar-refractivity contribution in [2.24, 2.45) is 15.9 Å². The van der Waals surface area contributed by atoms with Gasteiger partial charge in [-0.15, -0.1) is 5.10 Å². The first kappa shape index (κ1) is 16.4. The molecule has 1 heterocycles. The number of carbonyl (C=O) groups is 1. The van der Waals surface area contributed by atoms with E-state index in [1.807, 2.05) is 43.3 Å². The number of imidazole rings is 1. The maximum atomic E-state index is 12.3. The molecule has 3 rings (SSSR count). The molecule has 0 aliphatic heterocycles. The van der Waals surface area contributed by atoms with Gasteiger partial charge in [-0.2, -0.15) is 5.10 Å². The summed E-state index contributed by atoms with van der Waals surface area (Å²) >= 11 is 0. The highest BCUT2D eigenvalue weighted by molar-refractivity contribution is 6.04. The quantitative estimate of drug-likeness (QED) is 0.388. The van der Waals surface area contributed by atoms with Crippen LogP contribution in [0.2, 0.25) is 0 Å². The van der Waals surface area contributed by atoms with E-state index in [0.717, 1.165) is 22.3 Å². The van der Waals surface area contributed by atoms with Gasteiger partial charge in [-0.05, 0) is 43.7 Å². The lowest BCUT2D eigenvalue weighted by molar-refractivity contribution is 0.101. The number of para-hydroxylation sites is 2. The molecule has 7 nitrogen and oxygen atoms in total. The Hall–Kier alpha value is -3.48. The molecule has 3 aromatic rings. The van der Waals surface area contributed by atoms with Gasteiger partial charge >= 0.3 is 0 Å². The third kappa shape index (κ3) is 3.89. The first-order chi connectivity index (χ1) is 12.0. The summed E-state index contributed by atoms with van der Waals surface area (Å²) in [4.78, 5) is 19.6. The van der Waals surface area contributed by atoms with Gasteiger partial charge in [0.1, 0.15) is 5.84 Å². The van der Waals surface area contributed by atoms with E-state index in [-0.39, 0.29) is 11.7 Å². The summed E-state index contributed by atoms with van der Waals surface area (Å²) in [6, 6.07) is 14.8. The Balaban J connectivity index is 1.73. The van der Waals surface area contributed by atoms with Gasteiger partial charge in [0, 0.05) is 5.69 Å². The standard InChI is InChI=1S/C18H18N6O/c1-11(23-24-12(2)19)13-7-9-14(10-8-13)20-18(25)17-21-15-5-3-4-6-16(15)22-17/h3-10H,1-2H3,(H2,19,24)(H,20,25)(H,21,22)/b23-11-. The number of aromatic nitrogens is 2. The molecule has 4 N–H and O–H groups in total. The maximum Gasteiger partial charge on any atom is 0.291 e. The van der Waals surface area contributed by atoms with Crippen LogP contribution in [0.3, 0.4) is 0 Å². The molecule has 126 valence electrons. The fourth-order valence-electron chi connectivity index (χ4n) is 2.26. The zero-order valence-electron chi connectivity index (χ0n) is 13.9. The number of aromatic amines is 1. The van der Waals surface area contributed by atoms with Gasteiger partial charge in [-0.1, -0.05) is 24.3 Å². The van der Waals surface area contributed by atoms with Crippen molar-refractivity contribution in [3.05, 3.63) is 59.9 Å². The minimum atomic E-state index is -0.294. The SMILES string of the molecule is CC(N)=N/N=C(/C)c1ccc(NC(=O)c2nc3ccccc3[nH]2)cc1. The van der Waals surface area contributed by atoms with Crippen LogP contribution >= 0.6 is 0 Å². The van der Waals surface area contributed by atoms with Crippen molar-refractivity contribution in [3.63, 3.8) is 0 Å². The molecule has 0 radical (unpaired) electrons. The van der Waals surface area contributed by atoms with Crippen molar-refractivity contribution in [1.29, 1.82) is 0 Å². The number of amidine groups is 1. The van der Waals surface area contributed by atoms with Crippen LogP contribution in [0.25, 0.3) is 11.0 Å². The van der Waals surface area contributed by atoms with E-state index in [4.69, 9.17) is 5.73 Å². The lowest BCUT2D eigenvalue weighted by Gasteiger charge is -2.04. The molecule has 0 saturated heterocycles. The van der Waals surface area contributed by atoms with Crippen molar-refractivity contribution < 1.29 is 4.79 Å². The Bertz CT molecular complexity index is 932. The van der Waals surface area contributed by atoms with Crippen molar-refractivity contribution in [2.75, 3.05) is 5.32 Å². The summed E-state index contributed by atoms with van der Waals surface area (Å²) < 4.78 is 0. The number of anilines is 1. The van der Waals surface area contributed by atoms with E-state index >= 15 is 0 Å². The van der Waals surface area contributed by atoms with Crippen LogP contribution in [0.4, 0.5) is 5.69 Å². The monoisotopic (exact) mass is 334 g/mol. The molecule has 0 spiro atoms. The number of hydrogen-bond donors (Lipinski definition) is 3. The number of amides is 1. The number of fused-ring (bicyclic) bond motifs is 1. The average molecular weight is 334 g/mol. The zero-order chi connectivity index (χ0) is 17.8. The number of H-pyrrole nitrogens is 1. The molecular formula is C18H18N6O. The molecule has 0 atom stereocenters. The molecule has 0 saturated carbocycles. The number of carbonyl (C=O) groups excluding carboxylic acids is 1. The summed E-state index contributed by atoms with van der Waals surface area (Å²) in [5.41, 5.74) is 9.35. The van der Waals surface area contributed by atoms with Crippen LogP contribution in [0.1, 0.15) is 30.0 Å². The number of rotatable bonds is 4. The van der Waals surface area contributed by atoms with Gasteiger partial charge < -0.3 is 16.0 Å². The second-order valence-corrected chi connectivity index (χ2v) is 5.56. The summed E-state index contributed by atoms with van der Waals surface area (Å²) in [5, 5.41) is 10.7. The number of benzene rings is 2. The Morgan fingerprint density at radius 1 is 1.08 bits per heavy atom. The molecule has 7 heteroatoms. The van der Waals surface area contributed by atoms with Crippen LogP contribution in [-0.2, 0) is 0 Å².